The van der Waals surface area contributed by atoms with E-state index in [1.165, 1.54) is 13.2 Å². The molecule has 1 atom stereocenters. The molecule has 3 aromatic rings. The number of carbonyl (C=O) groups excluding carboxylic acids is 1. The molecule has 0 saturated carbocycles. The van der Waals surface area contributed by atoms with E-state index in [1.54, 1.807) is 29.2 Å². The van der Waals surface area contributed by atoms with Gasteiger partial charge in [-0.15, -0.1) is 0 Å². The van der Waals surface area contributed by atoms with E-state index in [9.17, 15) is 13.6 Å². The van der Waals surface area contributed by atoms with Crippen molar-refractivity contribution in [1.29, 1.82) is 0 Å². The summed E-state index contributed by atoms with van der Waals surface area (Å²) in [5.41, 5.74) is 7.38. The van der Waals surface area contributed by atoms with Crippen molar-refractivity contribution < 1.29 is 18.3 Å². The second kappa shape index (κ2) is 7.20. The van der Waals surface area contributed by atoms with E-state index in [2.05, 4.69) is 0 Å². The summed E-state index contributed by atoms with van der Waals surface area (Å²) in [4.78, 5) is 14.8. The number of hydrogen-bond donors (Lipinski definition) is 1. The summed E-state index contributed by atoms with van der Waals surface area (Å²) in [6, 6.07) is 12.8. The average molecular weight is 382 g/mol. The van der Waals surface area contributed by atoms with Crippen molar-refractivity contribution in [2.24, 2.45) is 5.73 Å². The Morgan fingerprint density at radius 1 is 1.11 bits per heavy atom. The Kier molecular flexibility index (Phi) is 4.73. The number of hydrogen-bond acceptors (Lipinski definition) is 3. The number of nitrogens with zero attached hydrogens (tertiary/aromatic N) is 1. The van der Waals surface area contributed by atoms with Gasteiger partial charge in [0.2, 0.25) is 0 Å². The number of rotatable bonds is 3. The number of ether oxygens (including phenoxy) is 1. The maximum absolute atomic E-state index is 14.2. The number of likely N-dealkylation sites (tertiary alicyclic amines) is 1. The summed E-state index contributed by atoms with van der Waals surface area (Å²) in [5, 5.41) is 1.44. The molecule has 144 valence electrons. The van der Waals surface area contributed by atoms with Crippen LogP contribution in [0.4, 0.5) is 8.78 Å². The van der Waals surface area contributed by atoms with Crippen LogP contribution in [0.1, 0.15) is 16.8 Å². The van der Waals surface area contributed by atoms with Gasteiger partial charge in [-0.2, -0.15) is 0 Å². The van der Waals surface area contributed by atoms with Crippen LogP contribution in [0, 0.1) is 11.6 Å². The van der Waals surface area contributed by atoms with Crippen molar-refractivity contribution in [2.45, 2.75) is 12.5 Å². The van der Waals surface area contributed by atoms with E-state index in [1.807, 2.05) is 12.1 Å². The molecule has 3 aromatic carbocycles. The van der Waals surface area contributed by atoms with Gasteiger partial charge in [-0.05, 0) is 34.9 Å². The largest absolute Gasteiger partial charge is 0.493 e. The molecule has 0 aromatic heterocycles. The lowest BCUT2D eigenvalue weighted by Crippen LogP contribution is -2.31. The summed E-state index contributed by atoms with van der Waals surface area (Å²) >= 11 is 0. The molecule has 4 rings (SSSR count). The van der Waals surface area contributed by atoms with Crippen molar-refractivity contribution in [3.63, 3.8) is 0 Å². The standard InChI is InChI=1S/C22H20F2N2O2/c1-28-21-19(10-13(23)11-20(21)24)17-6-2-5-16-15(17)4-3-7-18(16)22(27)26-9-8-14(25)12-26/h2-7,10-11,14H,8-9,12,25H2,1H3/t14-/m0/s1. The van der Waals surface area contributed by atoms with Crippen LogP contribution in [0.3, 0.4) is 0 Å². The monoisotopic (exact) mass is 382 g/mol. The predicted molar refractivity (Wildman–Crippen MR) is 104 cm³/mol. The average Bonchev–Trinajstić information content (AvgIpc) is 3.12. The zero-order chi connectivity index (χ0) is 19.8. The first-order valence-corrected chi connectivity index (χ1v) is 9.09. The highest BCUT2D eigenvalue weighted by Gasteiger charge is 2.26. The second-order valence-electron chi connectivity index (χ2n) is 6.97. The molecule has 1 heterocycles. The zero-order valence-corrected chi connectivity index (χ0v) is 15.4. The highest BCUT2D eigenvalue weighted by atomic mass is 19.1. The first kappa shape index (κ1) is 18.4. The Labute approximate surface area is 161 Å². The molecular weight excluding hydrogens is 362 g/mol. The van der Waals surface area contributed by atoms with Gasteiger partial charge in [-0.25, -0.2) is 8.78 Å². The van der Waals surface area contributed by atoms with Gasteiger partial charge < -0.3 is 15.4 Å². The number of carbonyl (C=O) groups is 1. The number of methoxy groups -OCH3 is 1. The van der Waals surface area contributed by atoms with Gasteiger partial charge in [-0.1, -0.05) is 30.3 Å². The third-order valence-electron chi connectivity index (χ3n) is 5.17. The van der Waals surface area contributed by atoms with Crippen molar-refractivity contribution in [1.82, 2.24) is 4.90 Å². The smallest absolute Gasteiger partial charge is 0.254 e. The molecular formula is C22H20F2N2O2. The van der Waals surface area contributed by atoms with Crippen LogP contribution in [0.25, 0.3) is 21.9 Å². The van der Waals surface area contributed by atoms with Gasteiger partial charge in [0.1, 0.15) is 5.82 Å². The first-order valence-electron chi connectivity index (χ1n) is 9.09. The number of benzene rings is 3. The van der Waals surface area contributed by atoms with Crippen molar-refractivity contribution in [3.8, 4) is 16.9 Å². The number of fused-ring (bicyclic) bond motifs is 1. The predicted octanol–water partition coefficient (Wildman–Crippen LogP) is 3.97. The van der Waals surface area contributed by atoms with Crippen LogP contribution < -0.4 is 10.5 Å². The van der Waals surface area contributed by atoms with Crippen molar-refractivity contribution in [2.75, 3.05) is 20.2 Å². The summed E-state index contributed by atoms with van der Waals surface area (Å²) in [5.74, 6) is -1.58. The highest BCUT2D eigenvalue weighted by molar-refractivity contribution is 6.10. The minimum Gasteiger partial charge on any atom is -0.493 e. The Hall–Kier alpha value is -2.99. The van der Waals surface area contributed by atoms with Crippen LogP contribution >= 0.6 is 0 Å². The van der Waals surface area contributed by atoms with Gasteiger partial charge >= 0.3 is 0 Å². The quantitative estimate of drug-likeness (QED) is 0.746. The summed E-state index contributed by atoms with van der Waals surface area (Å²) in [7, 11) is 1.34. The van der Waals surface area contributed by atoms with Crippen molar-refractivity contribution in [3.05, 3.63) is 65.7 Å². The second-order valence-corrected chi connectivity index (χ2v) is 6.97. The molecule has 1 aliphatic rings. The number of amides is 1. The Balaban J connectivity index is 1.89. The zero-order valence-electron chi connectivity index (χ0n) is 15.4. The van der Waals surface area contributed by atoms with Gasteiger partial charge in [0.15, 0.2) is 11.6 Å². The molecule has 0 bridgehead atoms. The normalized spacial score (nSPS) is 16.6. The Bertz CT molecular complexity index is 1070. The van der Waals surface area contributed by atoms with Crippen LogP contribution in [0.2, 0.25) is 0 Å². The molecule has 6 heteroatoms. The topological polar surface area (TPSA) is 55.6 Å². The fraction of sp³-hybridized carbons (Fsp3) is 0.227. The molecule has 0 radical (unpaired) electrons. The lowest BCUT2D eigenvalue weighted by atomic mass is 9.94. The molecule has 1 aliphatic heterocycles. The summed E-state index contributed by atoms with van der Waals surface area (Å²) in [6.45, 7) is 1.15. The van der Waals surface area contributed by atoms with E-state index >= 15 is 0 Å². The lowest BCUT2D eigenvalue weighted by molar-refractivity contribution is 0.0793. The highest BCUT2D eigenvalue weighted by Crippen LogP contribution is 2.38. The molecule has 1 amide bonds. The molecule has 4 nitrogen and oxygen atoms in total. The summed E-state index contributed by atoms with van der Waals surface area (Å²) in [6.07, 6.45) is 0.779. The first-order chi connectivity index (χ1) is 13.5. The molecule has 28 heavy (non-hydrogen) atoms. The van der Waals surface area contributed by atoms with E-state index in [-0.39, 0.29) is 17.7 Å². The SMILES string of the molecule is COc1c(F)cc(F)cc1-c1cccc2c(C(=O)N3CC[C@H](N)C3)cccc12. The lowest BCUT2D eigenvalue weighted by Gasteiger charge is -2.18. The van der Waals surface area contributed by atoms with Crippen LogP contribution in [0.5, 0.6) is 5.75 Å². The number of nitrogens with two attached hydrogens (primary N) is 1. The van der Waals surface area contributed by atoms with Gasteiger partial charge in [0.25, 0.3) is 5.91 Å². The third kappa shape index (κ3) is 3.10. The van der Waals surface area contributed by atoms with E-state index < -0.39 is 11.6 Å². The fourth-order valence-electron chi connectivity index (χ4n) is 3.84. The maximum atomic E-state index is 14.2. The molecule has 1 saturated heterocycles. The van der Waals surface area contributed by atoms with Crippen molar-refractivity contribution >= 4 is 16.7 Å². The van der Waals surface area contributed by atoms with Crippen LogP contribution in [-0.2, 0) is 0 Å². The summed E-state index contributed by atoms with van der Waals surface area (Å²) < 4.78 is 33.3. The van der Waals surface area contributed by atoms with Gasteiger partial charge in [0.05, 0.1) is 7.11 Å². The van der Waals surface area contributed by atoms with Gasteiger partial charge in [-0.3, -0.25) is 4.79 Å². The number of halogens is 2. The minimum absolute atomic E-state index is 0.00554. The maximum Gasteiger partial charge on any atom is 0.254 e. The molecule has 2 N–H and O–H groups in total. The van der Waals surface area contributed by atoms with Gasteiger partial charge in [0, 0.05) is 36.3 Å². The molecule has 0 spiro atoms. The van der Waals surface area contributed by atoms with E-state index in [4.69, 9.17) is 10.5 Å². The Morgan fingerprint density at radius 3 is 2.57 bits per heavy atom. The van der Waals surface area contributed by atoms with E-state index in [0.29, 0.717) is 29.8 Å². The Morgan fingerprint density at radius 2 is 1.86 bits per heavy atom. The fourth-order valence-corrected chi connectivity index (χ4v) is 3.84. The molecule has 1 fully saturated rings. The molecule has 0 aliphatic carbocycles. The van der Waals surface area contributed by atoms with Crippen LogP contribution in [-0.4, -0.2) is 37.0 Å². The van der Waals surface area contributed by atoms with E-state index in [0.717, 1.165) is 23.3 Å². The molecule has 0 unspecified atom stereocenters. The third-order valence-corrected chi connectivity index (χ3v) is 5.17. The minimum atomic E-state index is -0.771. The van der Waals surface area contributed by atoms with Crippen LogP contribution in [0.15, 0.2) is 48.5 Å².